The van der Waals surface area contributed by atoms with Crippen LogP contribution in [0.1, 0.15) is 22.3 Å². The highest BCUT2D eigenvalue weighted by atomic mass is 15.1. The van der Waals surface area contributed by atoms with E-state index in [2.05, 4.69) is 240 Å². The molecule has 11 aromatic rings. The van der Waals surface area contributed by atoms with Crippen molar-refractivity contribution < 1.29 is 0 Å². The van der Waals surface area contributed by atoms with Gasteiger partial charge in [0.25, 0.3) is 0 Å². The number of rotatable bonds is 5. The van der Waals surface area contributed by atoms with Crippen molar-refractivity contribution in [1.29, 1.82) is 0 Å². The first-order chi connectivity index (χ1) is 30.3. The summed E-state index contributed by atoms with van der Waals surface area (Å²) in [6.45, 7) is 0. The zero-order chi connectivity index (χ0) is 40.1. The zero-order valence-electron chi connectivity index (χ0n) is 33.3. The van der Waals surface area contributed by atoms with Crippen molar-refractivity contribution in [3.63, 3.8) is 0 Å². The molecule has 0 unspecified atom stereocenters. The van der Waals surface area contributed by atoms with Gasteiger partial charge in [0.15, 0.2) is 0 Å². The Morgan fingerprint density at radius 2 is 0.803 bits per heavy atom. The fourth-order valence-electron chi connectivity index (χ4n) is 11.0. The molecule has 2 nitrogen and oxygen atoms in total. The minimum atomic E-state index is -0.390. The maximum Gasteiger partial charge on any atom is 0.0725 e. The molecule has 284 valence electrons. The first kappa shape index (κ1) is 34.0. The van der Waals surface area contributed by atoms with Crippen LogP contribution in [-0.4, -0.2) is 4.57 Å². The van der Waals surface area contributed by atoms with Crippen LogP contribution in [0.25, 0.3) is 71.6 Å². The second kappa shape index (κ2) is 13.0. The summed E-state index contributed by atoms with van der Waals surface area (Å²) >= 11 is 0. The Balaban J connectivity index is 1.05. The van der Waals surface area contributed by atoms with Gasteiger partial charge in [-0.25, -0.2) is 0 Å². The molecule has 0 radical (unpaired) electrons. The molecule has 2 heteroatoms. The molecule has 0 aliphatic heterocycles. The second-order valence-electron chi connectivity index (χ2n) is 16.4. The van der Waals surface area contributed by atoms with E-state index in [1.807, 2.05) is 0 Å². The van der Waals surface area contributed by atoms with Crippen molar-refractivity contribution in [2.45, 2.75) is 5.41 Å². The van der Waals surface area contributed by atoms with E-state index in [1.54, 1.807) is 0 Å². The number of hydrogen-bond acceptors (Lipinski definition) is 1. The highest BCUT2D eigenvalue weighted by Gasteiger charge is 2.52. The molecular formula is C59H38N2. The number of anilines is 3. The van der Waals surface area contributed by atoms with Crippen LogP contribution in [0.4, 0.5) is 17.1 Å². The lowest BCUT2D eigenvalue weighted by molar-refractivity contribution is 0.794. The van der Waals surface area contributed by atoms with E-state index in [0.29, 0.717) is 0 Å². The van der Waals surface area contributed by atoms with Gasteiger partial charge in [-0.15, -0.1) is 0 Å². The van der Waals surface area contributed by atoms with Gasteiger partial charge in [0.2, 0.25) is 0 Å². The monoisotopic (exact) mass is 774 g/mol. The van der Waals surface area contributed by atoms with E-state index < -0.39 is 0 Å². The lowest BCUT2D eigenvalue weighted by atomic mass is 9.70. The highest BCUT2D eigenvalue weighted by molar-refractivity contribution is 6.13. The maximum atomic E-state index is 2.49. The summed E-state index contributed by atoms with van der Waals surface area (Å²) in [4.78, 5) is 2.35. The van der Waals surface area contributed by atoms with Crippen LogP contribution in [0.2, 0.25) is 0 Å². The van der Waals surface area contributed by atoms with Gasteiger partial charge in [-0.05, 0) is 110 Å². The van der Waals surface area contributed by atoms with Crippen molar-refractivity contribution in [3.05, 3.63) is 253 Å². The Morgan fingerprint density at radius 1 is 0.295 bits per heavy atom. The Labute approximate surface area is 354 Å². The van der Waals surface area contributed by atoms with Gasteiger partial charge in [0.05, 0.1) is 22.1 Å². The van der Waals surface area contributed by atoms with Crippen molar-refractivity contribution in [2.75, 3.05) is 4.90 Å². The average Bonchev–Trinajstić information content (AvgIpc) is 3.94. The number of aromatic nitrogens is 1. The third kappa shape index (κ3) is 4.67. The average molecular weight is 775 g/mol. The summed E-state index contributed by atoms with van der Waals surface area (Å²) in [6, 6.07) is 85.1. The van der Waals surface area contributed by atoms with Crippen molar-refractivity contribution in [2.24, 2.45) is 0 Å². The molecule has 0 amide bonds. The van der Waals surface area contributed by atoms with Gasteiger partial charge in [0.1, 0.15) is 0 Å². The second-order valence-corrected chi connectivity index (χ2v) is 16.4. The fourth-order valence-corrected chi connectivity index (χ4v) is 11.0. The van der Waals surface area contributed by atoms with E-state index in [-0.39, 0.29) is 5.41 Å². The Bertz CT molecular complexity index is 3460. The molecule has 10 aromatic carbocycles. The van der Waals surface area contributed by atoms with Crippen LogP contribution in [0.15, 0.2) is 231 Å². The van der Waals surface area contributed by atoms with Gasteiger partial charge in [-0.3, -0.25) is 0 Å². The van der Waals surface area contributed by atoms with E-state index in [1.165, 1.54) is 88.2 Å². The van der Waals surface area contributed by atoms with Crippen molar-refractivity contribution in [1.82, 2.24) is 4.57 Å². The Hall–Kier alpha value is -7.94. The molecule has 2 aliphatic carbocycles. The standard InChI is InChI=1S/C59H38N2/c1-3-18-39(19-4-1)60(40-20-5-2-6-21-40)41-34-35-48-47-26-12-16-33-55(47)61(57(48)38-41)56-37-36-43(42-22-7-8-25-46(42)56)49-28-17-32-54-58(49)50-27-11-15-31-53(50)59(54)51-29-13-9-23-44(51)45-24-10-14-30-52(45)59/h1-38H. The smallest absolute Gasteiger partial charge is 0.0725 e. The number of nitrogens with zero attached hydrogens (tertiary/aromatic N) is 2. The van der Waals surface area contributed by atoms with Crippen molar-refractivity contribution in [3.8, 4) is 39.1 Å². The van der Waals surface area contributed by atoms with E-state index >= 15 is 0 Å². The maximum absolute atomic E-state index is 2.49. The van der Waals surface area contributed by atoms with E-state index in [0.717, 1.165) is 22.7 Å². The number of para-hydroxylation sites is 3. The third-order valence-corrected chi connectivity index (χ3v) is 13.4. The van der Waals surface area contributed by atoms with Gasteiger partial charge < -0.3 is 9.47 Å². The molecule has 2 aliphatic rings. The fraction of sp³-hybridized carbons (Fsp3) is 0.0169. The molecule has 0 saturated carbocycles. The third-order valence-electron chi connectivity index (χ3n) is 13.4. The quantitative estimate of drug-likeness (QED) is 0.169. The first-order valence-corrected chi connectivity index (χ1v) is 21.2. The van der Waals surface area contributed by atoms with Crippen LogP contribution >= 0.6 is 0 Å². The Kier molecular flexibility index (Phi) is 7.26. The van der Waals surface area contributed by atoms with Gasteiger partial charge in [-0.1, -0.05) is 182 Å². The van der Waals surface area contributed by atoms with Crippen LogP contribution < -0.4 is 4.90 Å². The molecule has 13 rings (SSSR count). The lowest BCUT2D eigenvalue weighted by Crippen LogP contribution is -2.25. The number of fused-ring (bicyclic) bond motifs is 14. The summed E-state index contributed by atoms with van der Waals surface area (Å²) in [5.74, 6) is 0. The van der Waals surface area contributed by atoms with Crippen LogP contribution in [-0.2, 0) is 5.41 Å². The molecule has 1 heterocycles. The number of hydrogen-bond donors (Lipinski definition) is 0. The molecule has 0 N–H and O–H groups in total. The van der Waals surface area contributed by atoms with Crippen molar-refractivity contribution >= 4 is 49.6 Å². The molecule has 0 atom stereocenters. The summed E-state index contributed by atoms with van der Waals surface area (Å²) in [7, 11) is 0. The van der Waals surface area contributed by atoms with Crippen LogP contribution in [0, 0.1) is 0 Å². The summed E-state index contributed by atoms with van der Waals surface area (Å²) in [6.07, 6.45) is 0. The van der Waals surface area contributed by atoms with Gasteiger partial charge >= 0.3 is 0 Å². The van der Waals surface area contributed by atoms with Gasteiger partial charge in [-0.2, -0.15) is 0 Å². The predicted molar refractivity (Wildman–Crippen MR) is 255 cm³/mol. The Morgan fingerprint density at radius 3 is 1.49 bits per heavy atom. The zero-order valence-corrected chi connectivity index (χ0v) is 33.3. The highest BCUT2D eigenvalue weighted by Crippen LogP contribution is 2.64. The largest absolute Gasteiger partial charge is 0.310 e. The molecule has 0 fully saturated rings. The molecule has 1 spiro atoms. The van der Waals surface area contributed by atoms with Crippen LogP contribution in [0.3, 0.4) is 0 Å². The summed E-state index contributed by atoms with van der Waals surface area (Å²) in [5, 5.41) is 4.92. The van der Waals surface area contributed by atoms with Crippen LogP contribution in [0.5, 0.6) is 0 Å². The molecular weight excluding hydrogens is 737 g/mol. The predicted octanol–water partition coefficient (Wildman–Crippen LogP) is 15.4. The molecule has 1 aromatic heterocycles. The van der Waals surface area contributed by atoms with Gasteiger partial charge in [0, 0.05) is 33.2 Å². The minimum Gasteiger partial charge on any atom is -0.310 e. The molecule has 0 saturated heterocycles. The topological polar surface area (TPSA) is 8.17 Å². The minimum absolute atomic E-state index is 0.390. The summed E-state index contributed by atoms with van der Waals surface area (Å²) < 4.78 is 2.49. The first-order valence-electron chi connectivity index (χ1n) is 21.2. The molecule has 0 bridgehead atoms. The lowest BCUT2D eigenvalue weighted by Gasteiger charge is -2.30. The molecule has 61 heavy (non-hydrogen) atoms. The van der Waals surface area contributed by atoms with E-state index in [4.69, 9.17) is 0 Å². The normalized spacial score (nSPS) is 13.0. The summed E-state index contributed by atoms with van der Waals surface area (Å²) in [5.41, 5.74) is 19.7. The van der Waals surface area contributed by atoms with E-state index in [9.17, 15) is 0 Å². The SMILES string of the molecule is c1ccc(N(c2ccccc2)c2ccc3c4ccccc4n(-c4ccc(-c5cccc6c5-c5ccccc5C65c6ccccc6-c6ccccc65)c5ccccc45)c3c2)cc1. The number of benzene rings is 10.